The Labute approximate surface area is 451 Å². The maximum atomic E-state index is 12.9. The van der Waals surface area contributed by atoms with Gasteiger partial charge in [0.2, 0.25) is 0 Å². The Bertz CT molecular complexity index is 1440. The minimum absolute atomic E-state index is 0.0901. The van der Waals surface area contributed by atoms with Crippen LogP contribution in [0.3, 0.4) is 0 Å². The lowest BCUT2D eigenvalue weighted by atomic mass is 10.1. The number of hydrogen-bond donors (Lipinski definition) is 0. The number of esters is 3. The summed E-state index contributed by atoms with van der Waals surface area (Å²) in [4.78, 5) is 38.3. The van der Waals surface area contributed by atoms with Gasteiger partial charge >= 0.3 is 17.9 Å². The largest absolute Gasteiger partial charge is 0.462 e. The molecule has 6 heteroatoms. The zero-order chi connectivity index (χ0) is 52.9. The lowest BCUT2D eigenvalue weighted by Crippen LogP contribution is -2.30. The van der Waals surface area contributed by atoms with Crippen molar-refractivity contribution >= 4 is 17.9 Å². The van der Waals surface area contributed by atoms with Crippen molar-refractivity contribution in [1.29, 1.82) is 0 Å². The normalized spacial score (nSPS) is 12.8. The van der Waals surface area contributed by atoms with Crippen molar-refractivity contribution in [3.8, 4) is 0 Å². The first-order chi connectivity index (χ1) is 36.0. The van der Waals surface area contributed by atoms with E-state index in [1.165, 1.54) is 116 Å². The molecule has 1 unspecified atom stereocenters. The molecule has 0 aromatic carbocycles. The van der Waals surface area contributed by atoms with E-state index in [-0.39, 0.29) is 31.1 Å². The van der Waals surface area contributed by atoms with Gasteiger partial charge in [0.25, 0.3) is 0 Å². The highest BCUT2D eigenvalue weighted by Crippen LogP contribution is 2.15. The average Bonchev–Trinajstić information content (AvgIpc) is 3.39. The summed E-state index contributed by atoms with van der Waals surface area (Å²) in [7, 11) is 0. The molecule has 0 saturated heterocycles. The summed E-state index contributed by atoms with van der Waals surface area (Å²) in [5.41, 5.74) is 0. The van der Waals surface area contributed by atoms with E-state index < -0.39 is 6.10 Å². The van der Waals surface area contributed by atoms with Crippen LogP contribution in [-0.2, 0) is 28.6 Å². The number of hydrogen-bond acceptors (Lipinski definition) is 6. The molecule has 0 radical (unpaired) electrons. The van der Waals surface area contributed by atoms with Gasteiger partial charge in [0.1, 0.15) is 13.2 Å². The quantitative estimate of drug-likeness (QED) is 0.0261. The Kier molecular flexibility index (Phi) is 57.8. The fourth-order valence-corrected chi connectivity index (χ4v) is 8.50. The van der Waals surface area contributed by atoms with Crippen LogP contribution in [0.25, 0.3) is 0 Å². The summed E-state index contributed by atoms with van der Waals surface area (Å²) in [6.45, 7) is 6.41. The molecule has 0 saturated carbocycles. The highest BCUT2D eigenvalue weighted by Gasteiger charge is 2.19. The van der Waals surface area contributed by atoms with Crippen molar-refractivity contribution < 1.29 is 28.6 Å². The molecule has 0 bridgehead atoms. The smallest absolute Gasteiger partial charge is 0.306 e. The van der Waals surface area contributed by atoms with Gasteiger partial charge in [-0.1, -0.05) is 253 Å². The Balaban J connectivity index is 4.41. The fraction of sp³-hybridized carbons (Fsp3) is 0.716. The topological polar surface area (TPSA) is 78.9 Å². The third-order valence-electron chi connectivity index (χ3n) is 13.1. The summed E-state index contributed by atoms with van der Waals surface area (Å²) in [5.74, 6) is -0.917. The Morgan fingerprint density at radius 3 is 0.849 bits per heavy atom. The van der Waals surface area contributed by atoms with Crippen LogP contribution < -0.4 is 0 Å². The summed E-state index contributed by atoms with van der Waals surface area (Å²) >= 11 is 0. The van der Waals surface area contributed by atoms with Gasteiger partial charge < -0.3 is 14.2 Å². The number of carbonyl (C=O) groups is 3. The molecular formula is C67H114O6. The van der Waals surface area contributed by atoms with Crippen LogP contribution in [-0.4, -0.2) is 37.2 Å². The first kappa shape index (κ1) is 69.3. The van der Waals surface area contributed by atoms with Gasteiger partial charge in [0.15, 0.2) is 6.10 Å². The standard InChI is InChI=1S/C67H114O6/c1-4-7-10-13-16-19-22-25-28-30-32-33-35-36-39-42-45-48-51-54-57-60-66(69)72-63-64(62-71-65(68)59-56-53-50-47-44-41-38-27-24-21-18-15-12-9-6-3)73-67(70)61-58-55-52-49-46-43-40-37-34-31-29-26-23-20-17-14-11-8-5-2/h8-9,11-12,17-18,20-21,26-27,29-30,32,34,37-38,64H,4-7,10,13-16,19,22-25,28,31,33,35-36,39-63H2,1-3H3/b11-8-,12-9-,20-17-,21-18-,29-26-,32-30-,37-34-,38-27-. The van der Waals surface area contributed by atoms with Gasteiger partial charge in [-0.2, -0.15) is 0 Å². The monoisotopic (exact) mass is 1010 g/mol. The second kappa shape index (κ2) is 60.9. The Morgan fingerprint density at radius 1 is 0.288 bits per heavy atom. The van der Waals surface area contributed by atoms with Crippen molar-refractivity contribution in [2.24, 2.45) is 0 Å². The molecule has 1 atom stereocenters. The van der Waals surface area contributed by atoms with Crippen molar-refractivity contribution in [2.75, 3.05) is 13.2 Å². The zero-order valence-corrected chi connectivity index (χ0v) is 47.9. The van der Waals surface area contributed by atoms with Gasteiger partial charge in [-0.25, -0.2) is 0 Å². The van der Waals surface area contributed by atoms with Gasteiger partial charge in [-0.05, 0) is 116 Å². The van der Waals surface area contributed by atoms with E-state index in [1.807, 2.05) is 0 Å². The molecule has 6 nitrogen and oxygen atoms in total. The molecule has 0 aliphatic rings. The molecule has 0 fully saturated rings. The second-order valence-electron chi connectivity index (χ2n) is 20.2. The predicted molar refractivity (Wildman–Crippen MR) is 316 cm³/mol. The molecule has 0 N–H and O–H groups in total. The maximum Gasteiger partial charge on any atom is 0.306 e. The first-order valence-corrected chi connectivity index (χ1v) is 30.7. The molecule has 0 aliphatic carbocycles. The minimum atomic E-state index is -0.795. The molecule has 0 spiro atoms. The van der Waals surface area contributed by atoms with Crippen LogP contribution in [0.1, 0.15) is 290 Å². The van der Waals surface area contributed by atoms with E-state index >= 15 is 0 Å². The number of allylic oxidation sites excluding steroid dienone is 16. The average molecular weight is 1020 g/mol. The van der Waals surface area contributed by atoms with Crippen LogP contribution >= 0.6 is 0 Å². The van der Waals surface area contributed by atoms with Gasteiger partial charge in [-0.3, -0.25) is 14.4 Å². The second-order valence-corrected chi connectivity index (χ2v) is 20.2. The van der Waals surface area contributed by atoms with Crippen molar-refractivity contribution in [3.05, 3.63) is 97.2 Å². The van der Waals surface area contributed by atoms with Gasteiger partial charge in [0, 0.05) is 19.3 Å². The molecular weight excluding hydrogens is 901 g/mol. The zero-order valence-electron chi connectivity index (χ0n) is 47.9. The summed E-state index contributed by atoms with van der Waals surface area (Å²) < 4.78 is 16.9. The number of ether oxygens (including phenoxy) is 3. The highest BCUT2D eigenvalue weighted by molar-refractivity contribution is 5.71. The van der Waals surface area contributed by atoms with Gasteiger partial charge in [0.05, 0.1) is 0 Å². The molecule has 0 aromatic rings. The van der Waals surface area contributed by atoms with E-state index in [4.69, 9.17) is 14.2 Å². The third-order valence-corrected chi connectivity index (χ3v) is 13.1. The number of unbranched alkanes of at least 4 members (excludes halogenated alkanes) is 28. The first-order valence-electron chi connectivity index (χ1n) is 30.7. The van der Waals surface area contributed by atoms with Crippen molar-refractivity contribution in [3.63, 3.8) is 0 Å². The van der Waals surface area contributed by atoms with Crippen molar-refractivity contribution in [1.82, 2.24) is 0 Å². The number of carbonyl (C=O) groups excluding carboxylic acids is 3. The van der Waals surface area contributed by atoms with Gasteiger partial charge in [-0.15, -0.1) is 0 Å². The van der Waals surface area contributed by atoms with Crippen LogP contribution in [0.4, 0.5) is 0 Å². The molecule has 0 aliphatic heterocycles. The van der Waals surface area contributed by atoms with E-state index in [1.54, 1.807) is 0 Å². The van der Waals surface area contributed by atoms with E-state index in [2.05, 4.69) is 118 Å². The van der Waals surface area contributed by atoms with E-state index in [0.717, 1.165) is 135 Å². The number of rotatable bonds is 55. The maximum absolute atomic E-state index is 12.9. The van der Waals surface area contributed by atoms with Crippen LogP contribution in [0.2, 0.25) is 0 Å². The van der Waals surface area contributed by atoms with Crippen LogP contribution in [0.5, 0.6) is 0 Å². The van der Waals surface area contributed by atoms with E-state index in [9.17, 15) is 14.4 Å². The molecule has 0 rings (SSSR count). The fourth-order valence-electron chi connectivity index (χ4n) is 8.50. The van der Waals surface area contributed by atoms with Crippen molar-refractivity contribution in [2.45, 2.75) is 297 Å². The summed E-state index contributed by atoms with van der Waals surface area (Å²) in [6.07, 6.45) is 81.2. The molecule has 0 heterocycles. The summed E-state index contributed by atoms with van der Waals surface area (Å²) in [6, 6.07) is 0. The SMILES string of the molecule is CC/C=C\C/C=C\C/C=C\C/C=C\CCCCCCCCC(=O)OC(COC(=O)CCCCCCC/C=C\C/C=C\C/C=C\CC)COC(=O)CCCCCCCCCCC/C=C\CCCCCCCCCC. The van der Waals surface area contributed by atoms with Crippen LogP contribution in [0, 0.1) is 0 Å². The van der Waals surface area contributed by atoms with Crippen LogP contribution in [0.15, 0.2) is 97.2 Å². The molecule has 73 heavy (non-hydrogen) atoms. The molecule has 0 amide bonds. The highest BCUT2D eigenvalue weighted by atomic mass is 16.6. The molecule has 418 valence electrons. The molecule has 0 aromatic heterocycles. The predicted octanol–water partition coefficient (Wildman–Crippen LogP) is 20.9. The lowest BCUT2D eigenvalue weighted by molar-refractivity contribution is -0.167. The summed E-state index contributed by atoms with van der Waals surface area (Å²) in [5, 5.41) is 0. The Hall–Kier alpha value is -3.67. The minimum Gasteiger partial charge on any atom is -0.462 e. The van der Waals surface area contributed by atoms with E-state index in [0.29, 0.717) is 19.3 Å². The lowest BCUT2D eigenvalue weighted by Gasteiger charge is -2.18. The third kappa shape index (κ3) is 59.1. The Morgan fingerprint density at radius 2 is 0.534 bits per heavy atom.